The van der Waals surface area contributed by atoms with Crippen molar-refractivity contribution in [3.05, 3.63) is 59.9 Å². The standard InChI is InChI=1S/C15H15NO2Se/c1-2-18-15(17)14-8-9-16-10-12(14)11-19-13-6-4-3-5-7-13/h3-10H,2,11H2,1H3. The zero-order valence-electron chi connectivity index (χ0n) is 10.7. The van der Waals surface area contributed by atoms with Crippen molar-refractivity contribution in [1.82, 2.24) is 4.98 Å². The molecule has 1 aromatic heterocycles. The van der Waals surface area contributed by atoms with Crippen LogP contribution in [0.15, 0.2) is 48.8 Å². The van der Waals surface area contributed by atoms with Gasteiger partial charge < -0.3 is 0 Å². The molecular formula is C15H15NO2Se. The van der Waals surface area contributed by atoms with Crippen LogP contribution in [0, 0.1) is 0 Å². The van der Waals surface area contributed by atoms with Crippen molar-refractivity contribution in [2.24, 2.45) is 0 Å². The molecule has 2 aromatic rings. The Morgan fingerprint density at radius 3 is 2.79 bits per heavy atom. The van der Waals surface area contributed by atoms with Gasteiger partial charge in [0.25, 0.3) is 0 Å². The number of esters is 1. The molecule has 0 saturated heterocycles. The average molecular weight is 320 g/mol. The first-order valence-corrected chi connectivity index (χ1v) is 8.16. The first kappa shape index (κ1) is 13.8. The van der Waals surface area contributed by atoms with E-state index in [2.05, 4.69) is 17.1 Å². The van der Waals surface area contributed by atoms with Crippen LogP contribution < -0.4 is 4.46 Å². The molecule has 0 radical (unpaired) electrons. The summed E-state index contributed by atoms with van der Waals surface area (Å²) < 4.78 is 6.37. The molecule has 2 rings (SSSR count). The molecule has 19 heavy (non-hydrogen) atoms. The molecule has 0 fully saturated rings. The van der Waals surface area contributed by atoms with Crippen molar-refractivity contribution in [1.29, 1.82) is 0 Å². The van der Waals surface area contributed by atoms with Crippen LogP contribution in [0.1, 0.15) is 22.8 Å². The summed E-state index contributed by atoms with van der Waals surface area (Å²) in [6, 6.07) is 12.0. The van der Waals surface area contributed by atoms with Crippen molar-refractivity contribution < 1.29 is 9.53 Å². The molecule has 0 aliphatic heterocycles. The van der Waals surface area contributed by atoms with Gasteiger partial charge in [0.2, 0.25) is 0 Å². The van der Waals surface area contributed by atoms with E-state index < -0.39 is 0 Å². The second-order valence-corrected chi connectivity index (χ2v) is 6.06. The third-order valence-electron chi connectivity index (χ3n) is 2.54. The minimum atomic E-state index is -0.260. The molecule has 1 aromatic carbocycles. The van der Waals surface area contributed by atoms with Crippen LogP contribution in [-0.2, 0) is 10.1 Å². The van der Waals surface area contributed by atoms with Gasteiger partial charge in [-0.2, -0.15) is 0 Å². The fraction of sp³-hybridized carbons (Fsp3) is 0.200. The predicted molar refractivity (Wildman–Crippen MR) is 75.7 cm³/mol. The summed E-state index contributed by atoms with van der Waals surface area (Å²) in [6.45, 7) is 2.21. The van der Waals surface area contributed by atoms with Gasteiger partial charge in [0.1, 0.15) is 0 Å². The van der Waals surface area contributed by atoms with E-state index >= 15 is 0 Å². The van der Waals surface area contributed by atoms with Crippen molar-refractivity contribution in [2.45, 2.75) is 12.2 Å². The van der Waals surface area contributed by atoms with E-state index in [0.29, 0.717) is 27.1 Å². The fourth-order valence-electron chi connectivity index (χ4n) is 1.63. The van der Waals surface area contributed by atoms with Gasteiger partial charge in [-0.25, -0.2) is 0 Å². The third kappa shape index (κ3) is 3.91. The van der Waals surface area contributed by atoms with Crippen LogP contribution in [0.4, 0.5) is 0 Å². The van der Waals surface area contributed by atoms with E-state index in [1.54, 1.807) is 18.5 Å². The number of benzene rings is 1. The van der Waals surface area contributed by atoms with E-state index in [1.165, 1.54) is 4.46 Å². The Kier molecular flexibility index (Phi) is 5.13. The Labute approximate surface area is 119 Å². The van der Waals surface area contributed by atoms with Crippen LogP contribution >= 0.6 is 0 Å². The Hall–Kier alpha value is -1.64. The molecular weight excluding hydrogens is 305 g/mol. The molecule has 0 N–H and O–H groups in total. The number of hydrogen-bond donors (Lipinski definition) is 0. The van der Waals surface area contributed by atoms with Crippen LogP contribution in [0.5, 0.6) is 0 Å². The summed E-state index contributed by atoms with van der Waals surface area (Å²) in [5, 5.41) is 0.846. The first-order valence-electron chi connectivity index (χ1n) is 6.09. The van der Waals surface area contributed by atoms with Gasteiger partial charge in [-0.3, -0.25) is 0 Å². The second kappa shape index (κ2) is 7.07. The maximum atomic E-state index is 11.8. The number of hydrogen-bond acceptors (Lipinski definition) is 3. The van der Waals surface area contributed by atoms with Gasteiger partial charge in [-0.05, 0) is 0 Å². The van der Waals surface area contributed by atoms with E-state index in [-0.39, 0.29) is 5.97 Å². The molecule has 0 unspecified atom stereocenters. The van der Waals surface area contributed by atoms with Crippen molar-refractivity contribution >= 4 is 25.4 Å². The van der Waals surface area contributed by atoms with Crippen molar-refractivity contribution in [3.8, 4) is 0 Å². The van der Waals surface area contributed by atoms with Gasteiger partial charge in [-0.1, -0.05) is 0 Å². The van der Waals surface area contributed by atoms with Crippen LogP contribution in [-0.4, -0.2) is 32.5 Å². The van der Waals surface area contributed by atoms with E-state index in [0.717, 1.165) is 10.9 Å². The second-order valence-electron chi connectivity index (χ2n) is 3.86. The molecule has 98 valence electrons. The summed E-state index contributed by atoms with van der Waals surface area (Å²) in [5.74, 6) is -0.260. The van der Waals surface area contributed by atoms with Crippen LogP contribution in [0.2, 0.25) is 0 Å². The normalized spacial score (nSPS) is 10.2. The topological polar surface area (TPSA) is 39.2 Å². The first-order chi connectivity index (χ1) is 9.31. The Morgan fingerprint density at radius 1 is 1.26 bits per heavy atom. The molecule has 0 aliphatic rings. The summed E-state index contributed by atoms with van der Waals surface area (Å²) in [5.41, 5.74) is 1.60. The van der Waals surface area contributed by atoms with Gasteiger partial charge in [-0.15, -0.1) is 0 Å². The van der Waals surface area contributed by atoms with E-state index in [9.17, 15) is 4.79 Å². The summed E-state index contributed by atoms with van der Waals surface area (Å²) in [6.07, 6.45) is 3.39. The summed E-state index contributed by atoms with van der Waals surface area (Å²) >= 11 is 0.297. The average Bonchev–Trinajstić information content (AvgIpc) is 2.47. The molecule has 0 aliphatic carbocycles. The van der Waals surface area contributed by atoms with Gasteiger partial charge >= 0.3 is 119 Å². The quantitative estimate of drug-likeness (QED) is 0.623. The molecule has 0 spiro atoms. The minimum absolute atomic E-state index is 0.260. The Bertz CT molecular complexity index is 543. The number of nitrogens with zero attached hydrogens (tertiary/aromatic N) is 1. The predicted octanol–water partition coefficient (Wildman–Crippen LogP) is 1.79. The SMILES string of the molecule is CCOC(=O)c1ccncc1C[Se]c1ccccc1. The number of pyridine rings is 1. The fourth-order valence-corrected chi connectivity index (χ4v) is 3.52. The third-order valence-corrected chi connectivity index (χ3v) is 4.76. The molecule has 4 heteroatoms. The zero-order chi connectivity index (χ0) is 13.5. The van der Waals surface area contributed by atoms with Crippen LogP contribution in [0.25, 0.3) is 0 Å². The summed E-state index contributed by atoms with van der Waals surface area (Å²) in [4.78, 5) is 15.9. The number of rotatable bonds is 5. The van der Waals surface area contributed by atoms with E-state index in [4.69, 9.17) is 4.74 Å². The molecule has 1 heterocycles. The van der Waals surface area contributed by atoms with E-state index in [1.807, 2.05) is 25.1 Å². The zero-order valence-corrected chi connectivity index (χ0v) is 12.4. The number of aromatic nitrogens is 1. The van der Waals surface area contributed by atoms with Gasteiger partial charge in [0, 0.05) is 0 Å². The Balaban J connectivity index is 2.10. The number of carbonyl (C=O) groups is 1. The molecule has 0 saturated carbocycles. The number of carbonyl (C=O) groups excluding carboxylic acids is 1. The molecule has 0 atom stereocenters. The molecule has 3 nitrogen and oxygen atoms in total. The number of ether oxygens (including phenoxy) is 1. The molecule has 0 amide bonds. The van der Waals surface area contributed by atoms with Gasteiger partial charge in [0.15, 0.2) is 0 Å². The van der Waals surface area contributed by atoms with Crippen molar-refractivity contribution in [3.63, 3.8) is 0 Å². The van der Waals surface area contributed by atoms with Crippen LogP contribution in [0.3, 0.4) is 0 Å². The maximum absolute atomic E-state index is 11.8. The Morgan fingerprint density at radius 2 is 2.05 bits per heavy atom. The molecule has 0 bridgehead atoms. The van der Waals surface area contributed by atoms with Gasteiger partial charge in [0.05, 0.1) is 0 Å². The monoisotopic (exact) mass is 321 g/mol. The summed E-state index contributed by atoms with van der Waals surface area (Å²) in [7, 11) is 0. The van der Waals surface area contributed by atoms with Crippen molar-refractivity contribution in [2.75, 3.05) is 6.61 Å².